The standard InChI is InChI=1S/C19H24N2O4S/c1-10(2)25-14-8-7-12(17(23)24)9-13(14)21-16(22)15-11(3)20-18(26-15)19(4,5)6/h7-10H,1-6H3,(H,21,22)(H,23,24). The Hall–Kier alpha value is -2.41. The van der Waals surface area contributed by atoms with Crippen LogP contribution in [0.25, 0.3) is 0 Å². The molecule has 1 amide bonds. The van der Waals surface area contributed by atoms with E-state index in [0.29, 0.717) is 22.0 Å². The number of aromatic carboxylic acids is 1. The highest BCUT2D eigenvalue weighted by atomic mass is 32.1. The first kappa shape index (κ1) is 19.9. The third-order valence-corrected chi connectivity index (χ3v) is 5.06. The number of hydrogen-bond acceptors (Lipinski definition) is 5. The number of hydrogen-bond donors (Lipinski definition) is 2. The SMILES string of the molecule is Cc1nc(C(C)(C)C)sc1C(=O)Nc1cc(C(=O)O)ccc1OC(C)C. The minimum Gasteiger partial charge on any atom is -0.489 e. The van der Waals surface area contributed by atoms with Crippen LogP contribution in [0.15, 0.2) is 18.2 Å². The number of carbonyl (C=O) groups excluding carboxylic acids is 1. The molecule has 140 valence electrons. The van der Waals surface area contributed by atoms with Crippen molar-refractivity contribution in [3.63, 3.8) is 0 Å². The molecule has 0 atom stereocenters. The zero-order valence-corrected chi connectivity index (χ0v) is 16.7. The van der Waals surface area contributed by atoms with E-state index in [1.165, 1.54) is 23.5 Å². The molecule has 2 aromatic rings. The molecule has 1 aromatic heterocycles. The Morgan fingerprint density at radius 3 is 2.42 bits per heavy atom. The molecular formula is C19H24N2O4S. The van der Waals surface area contributed by atoms with Gasteiger partial charge in [0.1, 0.15) is 10.6 Å². The van der Waals surface area contributed by atoms with Crippen LogP contribution in [0.1, 0.15) is 65.3 Å². The molecule has 1 aromatic carbocycles. The predicted molar refractivity (Wildman–Crippen MR) is 103 cm³/mol. The van der Waals surface area contributed by atoms with Gasteiger partial charge in [-0.25, -0.2) is 9.78 Å². The Morgan fingerprint density at radius 2 is 1.92 bits per heavy atom. The van der Waals surface area contributed by atoms with Gasteiger partial charge in [0.15, 0.2) is 0 Å². The van der Waals surface area contributed by atoms with Gasteiger partial charge in [-0.15, -0.1) is 11.3 Å². The second kappa shape index (κ2) is 7.45. The highest BCUT2D eigenvalue weighted by Crippen LogP contribution is 2.31. The highest BCUT2D eigenvalue weighted by Gasteiger charge is 2.24. The average Bonchev–Trinajstić information content (AvgIpc) is 2.90. The van der Waals surface area contributed by atoms with Crippen LogP contribution in [0.5, 0.6) is 5.75 Å². The molecule has 0 unspecified atom stereocenters. The molecular weight excluding hydrogens is 352 g/mol. The maximum Gasteiger partial charge on any atom is 0.335 e. The third-order valence-electron chi connectivity index (χ3n) is 3.48. The molecule has 0 spiro atoms. The molecule has 0 aliphatic rings. The van der Waals surface area contributed by atoms with Crippen molar-refractivity contribution in [1.82, 2.24) is 4.98 Å². The van der Waals surface area contributed by atoms with E-state index in [0.717, 1.165) is 5.01 Å². The van der Waals surface area contributed by atoms with E-state index in [1.54, 1.807) is 13.0 Å². The molecule has 0 aliphatic carbocycles. The Morgan fingerprint density at radius 1 is 1.27 bits per heavy atom. The number of aromatic nitrogens is 1. The second-order valence-electron chi connectivity index (χ2n) is 7.32. The molecule has 0 fully saturated rings. The number of aryl methyl sites for hydroxylation is 1. The third kappa shape index (κ3) is 4.60. The van der Waals surface area contributed by atoms with Gasteiger partial charge >= 0.3 is 5.97 Å². The van der Waals surface area contributed by atoms with Crippen LogP contribution in [0, 0.1) is 6.92 Å². The van der Waals surface area contributed by atoms with Gasteiger partial charge in [0.25, 0.3) is 5.91 Å². The number of carboxylic acids is 1. The lowest BCUT2D eigenvalue weighted by Crippen LogP contribution is -2.15. The molecule has 1 heterocycles. The molecule has 0 saturated heterocycles. The van der Waals surface area contributed by atoms with Gasteiger partial charge < -0.3 is 15.2 Å². The van der Waals surface area contributed by atoms with E-state index in [2.05, 4.69) is 10.3 Å². The summed E-state index contributed by atoms with van der Waals surface area (Å²) in [6.45, 7) is 11.6. The van der Waals surface area contributed by atoms with Gasteiger partial charge in [-0.2, -0.15) is 0 Å². The van der Waals surface area contributed by atoms with Crippen molar-refractivity contribution < 1.29 is 19.4 Å². The fraction of sp³-hybridized carbons (Fsp3) is 0.421. The maximum absolute atomic E-state index is 12.8. The number of nitrogens with one attached hydrogen (secondary N) is 1. The zero-order chi connectivity index (χ0) is 19.6. The summed E-state index contributed by atoms with van der Waals surface area (Å²) in [5.41, 5.74) is 0.906. The lowest BCUT2D eigenvalue weighted by Gasteiger charge is -2.15. The molecule has 6 nitrogen and oxygen atoms in total. The summed E-state index contributed by atoms with van der Waals surface area (Å²) < 4.78 is 5.69. The number of thiazole rings is 1. The van der Waals surface area contributed by atoms with Gasteiger partial charge in [-0.05, 0) is 39.0 Å². The minimum absolute atomic E-state index is 0.0767. The topological polar surface area (TPSA) is 88.5 Å². The molecule has 0 saturated carbocycles. The number of anilines is 1. The number of rotatable bonds is 5. The largest absolute Gasteiger partial charge is 0.489 e. The summed E-state index contributed by atoms with van der Waals surface area (Å²) >= 11 is 1.34. The fourth-order valence-corrected chi connectivity index (χ4v) is 3.24. The van der Waals surface area contributed by atoms with Gasteiger partial charge in [-0.3, -0.25) is 4.79 Å². The van der Waals surface area contributed by atoms with E-state index < -0.39 is 5.97 Å². The van der Waals surface area contributed by atoms with Crippen molar-refractivity contribution in [2.45, 2.75) is 53.1 Å². The average molecular weight is 376 g/mol. The molecule has 7 heteroatoms. The summed E-state index contributed by atoms with van der Waals surface area (Å²) in [7, 11) is 0. The van der Waals surface area contributed by atoms with Crippen LogP contribution in [0.3, 0.4) is 0 Å². The van der Waals surface area contributed by atoms with Crippen LogP contribution in [0.2, 0.25) is 0 Å². The van der Waals surface area contributed by atoms with E-state index in [1.807, 2.05) is 34.6 Å². The van der Waals surface area contributed by atoms with Gasteiger partial charge in [0, 0.05) is 5.41 Å². The minimum atomic E-state index is -1.07. The molecule has 2 rings (SSSR count). The summed E-state index contributed by atoms with van der Waals surface area (Å²) in [4.78, 5) is 29.0. The number of carboxylic acid groups (broad SMARTS) is 1. The van der Waals surface area contributed by atoms with E-state index >= 15 is 0 Å². The smallest absolute Gasteiger partial charge is 0.335 e. The Balaban J connectivity index is 2.37. The van der Waals surface area contributed by atoms with Crippen molar-refractivity contribution in [1.29, 1.82) is 0 Å². The fourth-order valence-electron chi connectivity index (χ4n) is 2.22. The van der Waals surface area contributed by atoms with E-state index in [4.69, 9.17) is 4.74 Å². The number of amides is 1. The lowest BCUT2D eigenvalue weighted by molar-refractivity contribution is 0.0696. The molecule has 2 N–H and O–H groups in total. The van der Waals surface area contributed by atoms with Crippen LogP contribution >= 0.6 is 11.3 Å². The van der Waals surface area contributed by atoms with Gasteiger partial charge in [-0.1, -0.05) is 20.8 Å². The van der Waals surface area contributed by atoms with Crippen molar-refractivity contribution in [2.24, 2.45) is 0 Å². The predicted octanol–water partition coefficient (Wildman–Crippen LogP) is 4.49. The zero-order valence-electron chi connectivity index (χ0n) is 15.8. The summed E-state index contributed by atoms with van der Waals surface area (Å²) in [6.07, 6.45) is -0.112. The van der Waals surface area contributed by atoms with Crippen LogP contribution in [-0.4, -0.2) is 28.1 Å². The first-order valence-electron chi connectivity index (χ1n) is 8.32. The van der Waals surface area contributed by atoms with Crippen LogP contribution in [-0.2, 0) is 5.41 Å². The monoisotopic (exact) mass is 376 g/mol. The lowest BCUT2D eigenvalue weighted by atomic mass is 9.98. The van der Waals surface area contributed by atoms with Crippen molar-refractivity contribution in [3.05, 3.63) is 39.3 Å². The molecule has 0 radical (unpaired) electrons. The van der Waals surface area contributed by atoms with E-state index in [-0.39, 0.29) is 23.0 Å². The molecule has 26 heavy (non-hydrogen) atoms. The first-order valence-corrected chi connectivity index (χ1v) is 9.14. The van der Waals surface area contributed by atoms with Crippen LogP contribution < -0.4 is 10.1 Å². The Bertz CT molecular complexity index is 835. The highest BCUT2D eigenvalue weighted by molar-refractivity contribution is 7.14. The first-order chi connectivity index (χ1) is 12.0. The van der Waals surface area contributed by atoms with Crippen molar-refractivity contribution in [3.8, 4) is 5.75 Å². The number of nitrogens with zero attached hydrogens (tertiary/aromatic N) is 1. The van der Waals surface area contributed by atoms with E-state index in [9.17, 15) is 14.7 Å². The second-order valence-corrected chi connectivity index (χ2v) is 8.32. The summed E-state index contributed by atoms with van der Waals surface area (Å²) in [6, 6.07) is 4.41. The Labute approximate surface area is 157 Å². The summed E-state index contributed by atoms with van der Waals surface area (Å²) in [5.74, 6) is -0.969. The number of benzene rings is 1. The van der Waals surface area contributed by atoms with Crippen molar-refractivity contribution in [2.75, 3.05) is 5.32 Å². The molecule has 0 bridgehead atoms. The van der Waals surface area contributed by atoms with Gasteiger partial charge in [0.2, 0.25) is 0 Å². The maximum atomic E-state index is 12.8. The van der Waals surface area contributed by atoms with Crippen LogP contribution in [0.4, 0.5) is 5.69 Å². The van der Waals surface area contributed by atoms with Crippen molar-refractivity contribution >= 4 is 28.9 Å². The molecule has 0 aliphatic heterocycles. The quantitative estimate of drug-likeness (QED) is 0.803. The van der Waals surface area contributed by atoms with Gasteiger partial charge in [0.05, 0.1) is 28.1 Å². The Kier molecular flexibility index (Phi) is 5.71. The number of ether oxygens (including phenoxy) is 1. The summed E-state index contributed by atoms with van der Waals surface area (Å²) in [5, 5.41) is 12.9. The normalized spacial score (nSPS) is 11.5. The number of carbonyl (C=O) groups is 2.